The van der Waals surface area contributed by atoms with Gasteiger partial charge >= 0.3 is 0 Å². The number of aromatic nitrogens is 4. The van der Waals surface area contributed by atoms with Crippen LogP contribution >= 0.6 is 11.3 Å². The molecule has 0 saturated carbocycles. The Bertz CT molecular complexity index is 2930. The van der Waals surface area contributed by atoms with Crippen molar-refractivity contribution in [3.63, 3.8) is 0 Å². The number of nitrogens with one attached hydrogen (secondary N) is 2. The van der Waals surface area contributed by atoms with Gasteiger partial charge < -0.3 is 9.97 Å². The Morgan fingerprint density at radius 1 is 0.418 bits per heavy atom. The number of nitrogens with zero attached hydrogens (tertiary/aromatic N) is 2. The summed E-state index contributed by atoms with van der Waals surface area (Å²) in [5, 5.41) is 4.29. The van der Waals surface area contributed by atoms with E-state index in [2.05, 4.69) is 197 Å². The van der Waals surface area contributed by atoms with Gasteiger partial charge in [0.25, 0.3) is 0 Å². The van der Waals surface area contributed by atoms with Crippen LogP contribution in [0.3, 0.4) is 0 Å². The van der Waals surface area contributed by atoms with E-state index in [0.29, 0.717) is 0 Å². The molecule has 6 heterocycles. The fraction of sp³-hybridized carbons (Fsp3) is 0. The van der Waals surface area contributed by atoms with Crippen LogP contribution < -0.4 is 0 Å². The maximum atomic E-state index is 5.46. The van der Waals surface area contributed by atoms with E-state index in [-0.39, 0.29) is 0 Å². The largest absolute Gasteiger partial charge is 0.354 e. The van der Waals surface area contributed by atoms with Crippen LogP contribution in [-0.2, 0) is 0 Å². The molecule has 5 heteroatoms. The Kier molecular flexibility index (Phi) is 8.32. The average Bonchev–Trinajstić information content (AvgIpc) is 4.10. The van der Waals surface area contributed by atoms with E-state index < -0.39 is 0 Å². The van der Waals surface area contributed by atoms with E-state index in [0.717, 1.165) is 94.9 Å². The van der Waals surface area contributed by atoms with Crippen molar-refractivity contribution < 1.29 is 0 Å². The second kappa shape index (κ2) is 14.0. The summed E-state index contributed by atoms with van der Waals surface area (Å²) in [4.78, 5) is 18.7. The van der Waals surface area contributed by atoms with Crippen molar-refractivity contribution in [2.45, 2.75) is 0 Å². The number of hydrogen-bond acceptors (Lipinski definition) is 3. The van der Waals surface area contributed by atoms with Gasteiger partial charge in [-0.15, -0.1) is 0 Å². The minimum atomic E-state index is 0.869. The molecule has 10 rings (SSSR count). The molecule has 0 spiro atoms. The first-order valence-electron chi connectivity index (χ1n) is 18.4. The summed E-state index contributed by atoms with van der Waals surface area (Å²) in [5.41, 5.74) is 18.2. The van der Waals surface area contributed by atoms with Gasteiger partial charge in [0, 0.05) is 44.4 Å². The van der Waals surface area contributed by atoms with Crippen molar-refractivity contribution in [1.82, 2.24) is 19.9 Å². The van der Waals surface area contributed by atoms with Crippen LogP contribution in [0.4, 0.5) is 0 Å². The van der Waals surface area contributed by atoms with Crippen LogP contribution in [0.2, 0.25) is 0 Å². The quantitative estimate of drug-likeness (QED) is 0.180. The number of fused-ring (bicyclic) bond motifs is 8. The standard InChI is InChI=1S/C50H34N4S/c1-5-13-34(14-6-1)46-39-23-24-40(51-39)47(35-15-7-2-8-16-35)42-27-28-44(53-42)49(37-19-11-4-12-20-37)50-38(22-21-33-29-30-55-32-33)31-45(54-50)48(36-17-9-3-10-18-36)43-26-25-41(46)52-43/h1-32,52,54H/b22-21+,46-39?,46-41?,47-40?,47-42?,48-43?,48-45?,49-44?,50-49?. The fourth-order valence-corrected chi connectivity index (χ4v) is 8.26. The summed E-state index contributed by atoms with van der Waals surface area (Å²) in [7, 11) is 0. The van der Waals surface area contributed by atoms with Gasteiger partial charge in [0.15, 0.2) is 0 Å². The second-order valence-electron chi connectivity index (χ2n) is 13.6. The van der Waals surface area contributed by atoms with E-state index in [1.54, 1.807) is 11.3 Å². The number of thiophene rings is 1. The second-order valence-corrected chi connectivity index (χ2v) is 14.4. The molecule has 2 N–H and O–H groups in total. The lowest BCUT2D eigenvalue weighted by molar-refractivity contribution is 1.28. The minimum Gasteiger partial charge on any atom is -0.354 e. The average molecular weight is 723 g/mol. The van der Waals surface area contributed by atoms with E-state index in [4.69, 9.17) is 9.97 Å². The number of benzene rings is 4. The summed E-state index contributed by atoms with van der Waals surface area (Å²) < 4.78 is 0. The van der Waals surface area contributed by atoms with Gasteiger partial charge in [-0.05, 0) is 87.1 Å². The van der Waals surface area contributed by atoms with Crippen molar-refractivity contribution in [1.29, 1.82) is 0 Å². The van der Waals surface area contributed by atoms with Crippen molar-refractivity contribution >= 4 is 69.9 Å². The van der Waals surface area contributed by atoms with E-state index in [1.807, 2.05) is 6.07 Å². The van der Waals surface area contributed by atoms with Crippen molar-refractivity contribution in [3.8, 4) is 44.5 Å². The van der Waals surface area contributed by atoms with Crippen molar-refractivity contribution in [3.05, 3.63) is 190 Å². The molecule has 0 amide bonds. The summed E-state index contributed by atoms with van der Waals surface area (Å²) in [6.07, 6.45) is 13.0. The third-order valence-electron chi connectivity index (χ3n) is 10.1. The maximum absolute atomic E-state index is 5.46. The highest BCUT2D eigenvalue weighted by atomic mass is 32.1. The molecule has 4 aromatic carbocycles. The molecular formula is C50H34N4S. The van der Waals surface area contributed by atoms with Gasteiger partial charge in [0.1, 0.15) is 0 Å². The molecule has 55 heavy (non-hydrogen) atoms. The first kappa shape index (κ1) is 32.6. The first-order valence-corrected chi connectivity index (χ1v) is 19.3. The lowest BCUT2D eigenvalue weighted by Gasteiger charge is -2.07. The van der Waals surface area contributed by atoms with Gasteiger partial charge in [-0.25, -0.2) is 9.97 Å². The van der Waals surface area contributed by atoms with Crippen LogP contribution in [0.5, 0.6) is 0 Å². The summed E-state index contributed by atoms with van der Waals surface area (Å²) in [6, 6.07) is 51.0. The summed E-state index contributed by atoms with van der Waals surface area (Å²) in [5.74, 6) is 0. The molecule has 0 radical (unpaired) electrons. The first-order chi connectivity index (χ1) is 27.3. The fourth-order valence-electron chi connectivity index (χ4n) is 7.63. The molecule has 8 bridgehead atoms. The van der Waals surface area contributed by atoms with Gasteiger partial charge in [-0.1, -0.05) is 133 Å². The van der Waals surface area contributed by atoms with Gasteiger partial charge in [-0.3, -0.25) is 0 Å². The molecule has 260 valence electrons. The van der Waals surface area contributed by atoms with E-state index in [1.165, 1.54) is 5.56 Å². The molecule has 4 aromatic heterocycles. The third-order valence-corrected chi connectivity index (χ3v) is 10.8. The zero-order valence-electron chi connectivity index (χ0n) is 29.8. The zero-order valence-corrected chi connectivity index (χ0v) is 30.6. The highest BCUT2D eigenvalue weighted by molar-refractivity contribution is 7.08. The molecule has 4 nitrogen and oxygen atoms in total. The molecule has 2 aliphatic heterocycles. The van der Waals surface area contributed by atoms with Crippen LogP contribution in [-0.4, -0.2) is 19.9 Å². The molecule has 2 aliphatic rings. The van der Waals surface area contributed by atoms with Crippen LogP contribution in [0, 0.1) is 0 Å². The van der Waals surface area contributed by atoms with Gasteiger partial charge in [0.05, 0.1) is 28.3 Å². The number of aromatic amines is 2. The van der Waals surface area contributed by atoms with Crippen LogP contribution in [0.1, 0.15) is 33.9 Å². The normalized spacial score (nSPS) is 12.1. The predicted octanol–water partition coefficient (Wildman–Crippen LogP) is 13.6. The minimum absolute atomic E-state index is 0.869. The number of rotatable bonds is 6. The van der Waals surface area contributed by atoms with Crippen LogP contribution in [0.25, 0.3) is 103 Å². The number of hydrogen-bond donors (Lipinski definition) is 2. The van der Waals surface area contributed by atoms with Gasteiger partial charge in [0.2, 0.25) is 0 Å². The predicted molar refractivity (Wildman–Crippen MR) is 234 cm³/mol. The zero-order chi connectivity index (χ0) is 36.6. The lowest BCUT2D eigenvalue weighted by atomic mass is 10.0. The van der Waals surface area contributed by atoms with Gasteiger partial charge in [-0.2, -0.15) is 11.3 Å². The molecule has 0 fully saturated rings. The maximum Gasteiger partial charge on any atom is 0.0738 e. The van der Waals surface area contributed by atoms with Crippen molar-refractivity contribution in [2.24, 2.45) is 0 Å². The third kappa shape index (κ3) is 6.17. The Morgan fingerprint density at radius 3 is 1.44 bits per heavy atom. The smallest absolute Gasteiger partial charge is 0.0738 e. The Labute approximate surface area is 323 Å². The van der Waals surface area contributed by atoms with E-state index in [9.17, 15) is 0 Å². The summed E-state index contributed by atoms with van der Waals surface area (Å²) >= 11 is 1.70. The topological polar surface area (TPSA) is 57.4 Å². The lowest BCUT2D eigenvalue weighted by Crippen LogP contribution is -1.91. The number of H-pyrrole nitrogens is 2. The molecule has 0 aliphatic carbocycles. The summed E-state index contributed by atoms with van der Waals surface area (Å²) in [6.45, 7) is 0. The highest BCUT2D eigenvalue weighted by Crippen LogP contribution is 2.39. The molecule has 8 aromatic rings. The Morgan fingerprint density at radius 2 is 0.891 bits per heavy atom. The Balaban J connectivity index is 1.42. The molecule has 0 unspecified atom stereocenters. The highest BCUT2D eigenvalue weighted by Gasteiger charge is 2.20. The Hall–Kier alpha value is -7.08. The van der Waals surface area contributed by atoms with Crippen LogP contribution in [0.15, 0.2) is 156 Å². The molecule has 0 saturated heterocycles. The molecule has 0 atom stereocenters. The van der Waals surface area contributed by atoms with E-state index >= 15 is 0 Å². The monoisotopic (exact) mass is 722 g/mol. The molecular weight excluding hydrogens is 689 g/mol. The SMILES string of the molecule is C1=Cc2nc1c(-c1ccccc1)c1nc(c(-c3ccccc3)c3[nH]c(cc3/C=C/c3ccsc3)c(-c3ccccc3)c3ccc([nH]3)c2-c2ccccc2)C=C1. The van der Waals surface area contributed by atoms with Crippen molar-refractivity contribution in [2.75, 3.05) is 0 Å².